The van der Waals surface area contributed by atoms with Gasteiger partial charge in [0.05, 0.1) is 20.9 Å². The highest BCUT2D eigenvalue weighted by Crippen LogP contribution is 2.35. The minimum absolute atomic E-state index is 0.494. The third-order valence-electron chi connectivity index (χ3n) is 4.29. The van der Waals surface area contributed by atoms with Crippen LogP contribution in [-0.2, 0) is 13.2 Å². The van der Waals surface area contributed by atoms with Gasteiger partial charge in [0.15, 0.2) is 11.5 Å². The Morgan fingerprint density at radius 2 is 1.69 bits per heavy atom. The molecule has 0 heterocycles. The van der Waals surface area contributed by atoms with Crippen molar-refractivity contribution in [3.63, 3.8) is 0 Å². The van der Waals surface area contributed by atoms with Crippen LogP contribution in [-0.4, -0.2) is 6.61 Å². The second kappa shape index (κ2) is 10.4. The fourth-order valence-corrected chi connectivity index (χ4v) is 4.09. The van der Waals surface area contributed by atoms with Gasteiger partial charge in [0.25, 0.3) is 0 Å². The van der Waals surface area contributed by atoms with E-state index < -0.39 is 0 Å². The van der Waals surface area contributed by atoms with E-state index in [0.29, 0.717) is 29.8 Å². The lowest BCUT2D eigenvalue weighted by molar-refractivity contribution is 0.267. The molecule has 0 bridgehead atoms. The molecule has 0 spiro atoms. The van der Waals surface area contributed by atoms with Gasteiger partial charge in [0, 0.05) is 11.6 Å². The van der Waals surface area contributed by atoms with Crippen molar-refractivity contribution in [3.05, 3.63) is 84.9 Å². The number of halogens is 3. The van der Waals surface area contributed by atoms with E-state index in [2.05, 4.69) is 65.2 Å². The quantitative estimate of drug-likeness (QED) is 0.299. The van der Waals surface area contributed by atoms with E-state index in [9.17, 15) is 0 Å². The summed E-state index contributed by atoms with van der Waals surface area (Å²) in [7, 11) is 0. The second-order valence-corrected chi connectivity index (χ2v) is 8.60. The Morgan fingerprint density at radius 1 is 0.931 bits per heavy atom. The van der Waals surface area contributed by atoms with Gasteiger partial charge in [0.2, 0.25) is 0 Å². The van der Waals surface area contributed by atoms with Crippen LogP contribution in [0.5, 0.6) is 11.5 Å². The summed E-state index contributed by atoms with van der Waals surface area (Å²) in [5, 5.41) is 4.55. The number of benzene rings is 3. The van der Waals surface area contributed by atoms with Crippen molar-refractivity contribution < 1.29 is 9.47 Å². The van der Waals surface area contributed by atoms with Gasteiger partial charge in [-0.1, -0.05) is 53.0 Å². The Kier molecular flexibility index (Phi) is 7.92. The first kappa shape index (κ1) is 22.1. The molecular formula is C23H22Cl2INO2. The summed E-state index contributed by atoms with van der Waals surface area (Å²) in [6.07, 6.45) is 0. The molecule has 0 radical (unpaired) electrons. The number of hydrogen-bond donors (Lipinski definition) is 1. The van der Waals surface area contributed by atoms with Crippen molar-refractivity contribution in [3.8, 4) is 11.5 Å². The number of anilines is 1. The predicted molar refractivity (Wildman–Crippen MR) is 130 cm³/mol. The summed E-state index contributed by atoms with van der Waals surface area (Å²) in [4.78, 5) is 0. The summed E-state index contributed by atoms with van der Waals surface area (Å²) >= 11 is 14.5. The molecule has 3 aromatic carbocycles. The molecule has 6 heteroatoms. The first-order chi connectivity index (χ1) is 14.0. The molecule has 3 rings (SSSR count). The van der Waals surface area contributed by atoms with Gasteiger partial charge in [-0.25, -0.2) is 0 Å². The highest BCUT2D eigenvalue weighted by molar-refractivity contribution is 14.1. The van der Waals surface area contributed by atoms with Crippen LogP contribution in [0.25, 0.3) is 0 Å². The highest BCUT2D eigenvalue weighted by Gasteiger charge is 2.13. The number of hydrogen-bond acceptors (Lipinski definition) is 3. The Morgan fingerprint density at radius 3 is 2.38 bits per heavy atom. The first-order valence-corrected chi connectivity index (χ1v) is 11.1. The van der Waals surface area contributed by atoms with Crippen molar-refractivity contribution in [2.45, 2.75) is 27.0 Å². The maximum Gasteiger partial charge on any atom is 0.174 e. The van der Waals surface area contributed by atoms with Gasteiger partial charge in [-0.3, -0.25) is 0 Å². The zero-order valence-electron chi connectivity index (χ0n) is 16.3. The third-order valence-corrected chi connectivity index (χ3v) is 5.64. The van der Waals surface area contributed by atoms with Crippen molar-refractivity contribution in [1.29, 1.82) is 0 Å². The van der Waals surface area contributed by atoms with Gasteiger partial charge in [-0.05, 0) is 77.9 Å². The summed E-state index contributed by atoms with van der Waals surface area (Å²) in [5.74, 6) is 1.51. The number of ether oxygens (including phenoxy) is 2. The van der Waals surface area contributed by atoms with E-state index in [1.807, 2.05) is 25.1 Å². The van der Waals surface area contributed by atoms with E-state index in [4.69, 9.17) is 32.7 Å². The van der Waals surface area contributed by atoms with Crippen molar-refractivity contribution in [2.24, 2.45) is 0 Å². The topological polar surface area (TPSA) is 30.5 Å². The SMILES string of the molecule is CCOc1cc(CNc2ccc(Cl)cc2Cl)cc(I)c1OCc1ccc(C)cc1. The van der Waals surface area contributed by atoms with E-state index in [1.165, 1.54) is 5.56 Å². The molecule has 0 unspecified atom stereocenters. The lowest BCUT2D eigenvalue weighted by atomic mass is 10.1. The van der Waals surface area contributed by atoms with Gasteiger partial charge in [-0.15, -0.1) is 0 Å². The Hall–Kier alpha value is -1.63. The molecule has 3 nitrogen and oxygen atoms in total. The smallest absolute Gasteiger partial charge is 0.174 e. The zero-order chi connectivity index (χ0) is 20.8. The molecule has 0 aliphatic rings. The molecule has 0 fully saturated rings. The number of aryl methyl sites for hydroxylation is 1. The van der Waals surface area contributed by atoms with Crippen molar-refractivity contribution >= 4 is 51.5 Å². The van der Waals surface area contributed by atoms with Crippen molar-refractivity contribution in [2.75, 3.05) is 11.9 Å². The first-order valence-electron chi connectivity index (χ1n) is 9.28. The molecule has 152 valence electrons. The maximum atomic E-state index is 6.25. The summed E-state index contributed by atoms with van der Waals surface area (Å²) in [5.41, 5.74) is 4.27. The largest absolute Gasteiger partial charge is 0.490 e. The minimum Gasteiger partial charge on any atom is -0.490 e. The van der Waals surface area contributed by atoms with Crippen LogP contribution in [0, 0.1) is 10.5 Å². The molecule has 0 atom stereocenters. The van der Waals surface area contributed by atoms with Crippen LogP contribution in [0.4, 0.5) is 5.69 Å². The Bertz CT molecular complexity index is 977. The van der Waals surface area contributed by atoms with Crippen LogP contribution < -0.4 is 14.8 Å². The van der Waals surface area contributed by atoms with E-state index in [0.717, 1.165) is 31.9 Å². The molecular weight excluding hydrogens is 520 g/mol. The number of rotatable bonds is 8. The van der Waals surface area contributed by atoms with Gasteiger partial charge in [0.1, 0.15) is 6.61 Å². The number of nitrogens with one attached hydrogen (secondary N) is 1. The van der Waals surface area contributed by atoms with Crippen LogP contribution >= 0.6 is 45.8 Å². The van der Waals surface area contributed by atoms with Crippen LogP contribution in [0.2, 0.25) is 10.0 Å². The van der Waals surface area contributed by atoms with E-state index >= 15 is 0 Å². The third kappa shape index (κ3) is 6.17. The molecule has 0 amide bonds. The molecule has 29 heavy (non-hydrogen) atoms. The van der Waals surface area contributed by atoms with Crippen LogP contribution in [0.1, 0.15) is 23.6 Å². The average Bonchev–Trinajstić information content (AvgIpc) is 2.68. The van der Waals surface area contributed by atoms with E-state index in [1.54, 1.807) is 6.07 Å². The predicted octanol–water partition coefficient (Wildman–Crippen LogP) is 7.50. The minimum atomic E-state index is 0.494. The van der Waals surface area contributed by atoms with Crippen LogP contribution in [0.15, 0.2) is 54.6 Å². The summed E-state index contributed by atoms with van der Waals surface area (Å²) < 4.78 is 13.0. The Labute approximate surface area is 195 Å². The van der Waals surface area contributed by atoms with Gasteiger partial charge >= 0.3 is 0 Å². The monoisotopic (exact) mass is 541 g/mol. The lowest BCUT2D eigenvalue weighted by Crippen LogP contribution is -2.05. The Balaban J connectivity index is 1.75. The molecule has 3 aromatic rings. The van der Waals surface area contributed by atoms with E-state index in [-0.39, 0.29) is 0 Å². The highest BCUT2D eigenvalue weighted by atomic mass is 127. The van der Waals surface area contributed by atoms with Gasteiger partial charge < -0.3 is 14.8 Å². The second-order valence-electron chi connectivity index (χ2n) is 6.59. The maximum absolute atomic E-state index is 6.25. The zero-order valence-corrected chi connectivity index (χ0v) is 19.9. The fourth-order valence-electron chi connectivity index (χ4n) is 2.80. The normalized spacial score (nSPS) is 10.7. The van der Waals surface area contributed by atoms with Crippen molar-refractivity contribution in [1.82, 2.24) is 0 Å². The average molecular weight is 542 g/mol. The summed E-state index contributed by atoms with van der Waals surface area (Å²) in [6, 6.07) is 17.8. The standard InChI is InChI=1S/C23H22Cl2INO2/c1-3-28-22-11-17(13-27-21-9-8-18(24)12-19(21)25)10-20(26)23(22)29-14-16-6-4-15(2)5-7-16/h4-12,27H,3,13-14H2,1-2H3. The van der Waals surface area contributed by atoms with Gasteiger partial charge in [-0.2, -0.15) is 0 Å². The molecule has 0 aliphatic heterocycles. The molecule has 0 saturated carbocycles. The summed E-state index contributed by atoms with van der Waals surface area (Å²) in [6.45, 7) is 5.71. The molecule has 1 N–H and O–H groups in total. The molecule has 0 aromatic heterocycles. The molecule has 0 saturated heterocycles. The fraction of sp³-hybridized carbons (Fsp3) is 0.217. The van der Waals surface area contributed by atoms with Crippen LogP contribution in [0.3, 0.4) is 0 Å². The lowest BCUT2D eigenvalue weighted by Gasteiger charge is -2.16. The molecule has 0 aliphatic carbocycles.